The van der Waals surface area contributed by atoms with E-state index in [2.05, 4.69) is 33.5 Å². The molecule has 0 bridgehead atoms. The van der Waals surface area contributed by atoms with Crippen molar-refractivity contribution < 1.29 is 9.53 Å². The minimum atomic E-state index is -0.549. The van der Waals surface area contributed by atoms with Crippen molar-refractivity contribution in [2.24, 2.45) is 5.10 Å². The second kappa shape index (κ2) is 5.67. The molecule has 18 heavy (non-hydrogen) atoms. The van der Waals surface area contributed by atoms with Gasteiger partial charge in [0.1, 0.15) is 0 Å². The Morgan fingerprint density at radius 2 is 2.00 bits per heavy atom. The molecule has 0 saturated carbocycles. The number of carbonyl (C=O) groups excluding carboxylic acids is 1. The van der Waals surface area contributed by atoms with E-state index in [9.17, 15) is 4.79 Å². The maximum Gasteiger partial charge on any atom is 0.427 e. The molecule has 0 atom stereocenters. The summed E-state index contributed by atoms with van der Waals surface area (Å²) in [4.78, 5) is 10.9. The zero-order valence-electron chi connectivity index (χ0n) is 10.8. The van der Waals surface area contributed by atoms with Gasteiger partial charge in [0.05, 0.1) is 12.8 Å². The summed E-state index contributed by atoms with van der Waals surface area (Å²) in [6, 6.07) is 6.40. The van der Waals surface area contributed by atoms with E-state index in [-0.39, 0.29) is 0 Å². The molecule has 96 valence electrons. The fourth-order valence-electron chi connectivity index (χ4n) is 2.20. The Balaban J connectivity index is 2.15. The first-order chi connectivity index (χ1) is 8.70. The molecule has 2 rings (SSSR count). The minimum Gasteiger partial charge on any atom is -0.452 e. The molecule has 0 aliphatic heterocycles. The summed E-state index contributed by atoms with van der Waals surface area (Å²) in [5, 5.41) is 4.01. The van der Waals surface area contributed by atoms with Crippen LogP contribution in [0.2, 0.25) is 0 Å². The number of benzene rings is 1. The van der Waals surface area contributed by atoms with Crippen LogP contribution in [0.5, 0.6) is 0 Å². The topological polar surface area (TPSA) is 50.7 Å². The Morgan fingerprint density at radius 1 is 1.28 bits per heavy atom. The molecule has 1 aromatic carbocycles. The van der Waals surface area contributed by atoms with Crippen LogP contribution in [-0.4, -0.2) is 18.9 Å². The van der Waals surface area contributed by atoms with Gasteiger partial charge in [0.15, 0.2) is 0 Å². The monoisotopic (exact) mass is 246 g/mol. The molecule has 0 spiro atoms. The summed E-state index contributed by atoms with van der Waals surface area (Å²) >= 11 is 0. The van der Waals surface area contributed by atoms with Gasteiger partial charge in [0.25, 0.3) is 0 Å². The molecular weight excluding hydrogens is 228 g/mol. The van der Waals surface area contributed by atoms with Gasteiger partial charge in [-0.3, -0.25) is 0 Å². The van der Waals surface area contributed by atoms with Gasteiger partial charge in [-0.05, 0) is 55.4 Å². The molecule has 0 radical (unpaired) electrons. The number of nitrogens with one attached hydrogen (secondary N) is 1. The van der Waals surface area contributed by atoms with Gasteiger partial charge in [-0.2, -0.15) is 5.10 Å². The smallest absolute Gasteiger partial charge is 0.427 e. The molecule has 4 heteroatoms. The maximum atomic E-state index is 10.9. The van der Waals surface area contributed by atoms with E-state index in [0.717, 1.165) is 17.7 Å². The van der Waals surface area contributed by atoms with Crippen molar-refractivity contribution in [3.63, 3.8) is 0 Å². The second-order valence-corrected chi connectivity index (χ2v) is 4.49. The van der Waals surface area contributed by atoms with Crippen LogP contribution in [0.15, 0.2) is 23.3 Å². The third-order valence-corrected chi connectivity index (χ3v) is 3.27. The Kier molecular flexibility index (Phi) is 3.97. The van der Waals surface area contributed by atoms with Crippen molar-refractivity contribution in [3.8, 4) is 0 Å². The lowest BCUT2D eigenvalue weighted by Gasteiger charge is -2.16. The zero-order valence-corrected chi connectivity index (χ0v) is 10.8. The van der Waals surface area contributed by atoms with Crippen molar-refractivity contribution >= 4 is 11.8 Å². The van der Waals surface area contributed by atoms with Crippen molar-refractivity contribution in [3.05, 3.63) is 34.9 Å². The van der Waals surface area contributed by atoms with Crippen LogP contribution < -0.4 is 5.43 Å². The third kappa shape index (κ3) is 2.88. The quantitative estimate of drug-likeness (QED) is 0.644. The third-order valence-electron chi connectivity index (χ3n) is 3.27. The fraction of sp³-hybridized carbons (Fsp3) is 0.429. The predicted molar refractivity (Wildman–Crippen MR) is 70.8 cm³/mol. The van der Waals surface area contributed by atoms with Gasteiger partial charge in [-0.15, -0.1) is 0 Å². The number of hydrazone groups is 1. The molecular formula is C14H18N2O2. The molecule has 1 aliphatic rings. The fourth-order valence-corrected chi connectivity index (χ4v) is 2.20. The highest BCUT2D eigenvalue weighted by molar-refractivity contribution is 5.99. The second-order valence-electron chi connectivity index (χ2n) is 4.49. The molecule has 0 unspecified atom stereocenters. The highest BCUT2D eigenvalue weighted by atomic mass is 16.5. The van der Waals surface area contributed by atoms with Gasteiger partial charge in [-0.25, -0.2) is 10.2 Å². The molecule has 0 saturated heterocycles. The lowest BCUT2D eigenvalue weighted by Crippen LogP contribution is -2.18. The normalized spacial score (nSPS) is 14.9. The summed E-state index contributed by atoms with van der Waals surface area (Å²) in [5.74, 6) is 0. The molecule has 0 heterocycles. The van der Waals surface area contributed by atoms with Crippen LogP contribution >= 0.6 is 0 Å². The van der Waals surface area contributed by atoms with Gasteiger partial charge >= 0.3 is 6.09 Å². The van der Waals surface area contributed by atoms with Gasteiger partial charge < -0.3 is 4.74 Å². The number of aryl methyl sites for hydroxylation is 2. The van der Waals surface area contributed by atoms with E-state index in [1.165, 1.54) is 37.5 Å². The Bertz CT molecular complexity index is 481. The van der Waals surface area contributed by atoms with E-state index in [0.29, 0.717) is 0 Å². The van der Waals surface area contributed by atoms with Crippen LogP contribution in [-0.2, 0) is 17.6 Å². The van der Waals surface area contributed by atoms with Crippen LogP contribution in [0.25, 0.3) is 0 Å². The van der Waals surface area contributed by atoms with E-state index >= 15 is 0 Å². The zero-order chi connectivity index (χ0) is 13.0. The summed E-state index contributed by atoms with van der Waals surface area (Å²) in [7, 11) is 1.32. The van der Waals surface area contributed by atoms with Crippen LogP contribution in [0.1, 0.15) is 36.5 Å². The summed E-state index contributed by atoms with van der Waals surface area (Å²) < 4.78 is 4.47. The number of carbonyl (C=O) groups is 1. The SMILES string of the molecule is COC(=O)NN=C(C)c1ccc2c(c1)CCCC2. The van der Waals surface area contributed by atoms with Crippen LogP contribution in [0, 0.1) is 0 Å². The average Bonchev–Trinajstić information content (AvgIpc) is 2.43. The highest BCUT2D eigenvalue weighted by Crippen LogP contribution is 2.22. The molecule has 1 N–H and O–H groups in total. The Morgan fingerprint density at radius 3 is 2.72 bits per heavy atom. The first-order valence-electron chi connectivity index (χ1n) is 6.21. The first kappa shape index (κ1) is 12.6. The van der Waals surface area contributed by atoms with Crippen LogP contribution in [0.4, 0.5) is 4.79 Å². The molecule has 0 aromatic heterocycles. The van der Waals surface area contributed by atoms with Gasteiger partial charge in [0.2, 0.25) is 0 Å². The number of fused-ring (bicyclic) bond motifs is 1. The van der Waals surface area contributed by atoms with Crippen molar-refractivity contribution in [1.29, 1.82) is 0 Å². The average molecular weight is 246 g/mol. The highest BCUT2D eigenvalue weighted by Gasteiger charge is 2.10. The van der Waals surface area contributed by atoms with E-state index in [1.807, 2.05) is 6.92 Å². The summed E-state index contributed by atoms with van der Waals surface area (Å²) in [6.45, 7) is 1.88. The standard InChI is InChI=1S/C14H18N2O2/c1-10(15-16-14(17)18-2)12-8-7-11-5-3-4-6-13(11)9-12/h7-9H,3-6H2,1-2H3,(H,16,17). The largest absolute Gasteiger partial charge is 0.452 e. The van der Waals surface area contributed by atoms with Gasteiger partial charge in [-0.1, -0.05) is 12.1 Å². The Labute approximate surface area is 107 Å². The lowest BCUT2D eigenvalue weighted by atomic mass is 9.90. The molecule has 1 amide bonds. The molecule has 1 aromatic rings. The first-order valence-corrected chi connectivity index (χ1v) is 6.21. The van der Waals surface area contributed by atoms with Gasteiger partial charge in [0, 0.05) is 0 Å². The number of nitrogens with zero attached hydrogens (tertiary/aromatic N) is 1. The van der Waals surface area contributed by atoms with E-state index in [4.69, 9.17) is 0 Å². The van der Waals surface area contributed by atoms with E-state index in [1.54, 1.807) is 0 Å². The van der Waals surface area contributed by atoms with Crippen LogP contribution in [0.3, 0.4) is 0 Å². The van der Waals surface area contributed by atoms with Crippen molar-refractivity contribution in [2.75, 3.05) is 7.11 Å². The number of hydrogen-bond donors (Lipinski definition) is 1. The van der Waals surface area contributed by atoms with Crippen molar-refractivity contribution in [1.82, 2.24) is 5.43 Å². The number of amides is 1. The Hall–Kier alpha value is -1.84. The predicted octanol–water partition coefficient (Wildman–Crippen LogP) is 2.65. The molecule has 4 nitrogen and oxygen atoms in total. The lowest BCUT2D eigenvalue weighted by molar-refractivity contribution is 0.171. The van der Waals surface area contributed by atoms with E-state index < -0.39 is 6.09 Å². The molecule has 0 fully saturated rings. The number of methoxy groups -OCH3 is 1. The summed E-state index contributed by atoms with van der Waals surface area (Å²) in [6.07, 6.45) is 4.30. The number of ether oxygens (including phenoxy) is 1. The maximum absolute atomic E-state index is 10.9. The van der Waals surface area contributed by atoms with Crippen molar-refractivity contribution in [2.45, 2.75) is 32.6 Å². The molecule has 1 aliphatic carbocycles. The number of hydrogen-bond acceptors (Lipinski definition) is 3. The number of rotatable bonds is 2. The summed E-state index contributed by atoms with van der Waals surface area (Å²) in [5.41, 5.74) is 7.02. The minimum absolute atomic E-state index is 0.549.